The van der Waals surface area contributed by atoms with Gasteiger partial charge in [0.1, 0.15) is 0 Å². The molecule has 32 heavy (non-hydrogen) atoms. The molecule has 0 N–H and O–H groups in total. The van der Waals surface area contributed by atoms with Crippen molar-refractivity contribution in [1.82, 2.24) is 9.97 Å². The third-order valence-electron chi connectivity index (χ3n) is 7.10. The molecular weight excluding hydrogens is 390 g/mol. The number of hydrogen-bond donors (Lipinski definition) is 0. The monoisotopic (exact) mass is 411 g/mol. The van der Waals surface area contributed by atoms with Crippen molar-refractivity contribution in [3.63, 3.8) is 0 Å². The fraction of sp³-hybridized carbons (Fsp3) is 0.103. The van der Waals surface area contributed by atoms with E-state index in [2.05, 4.69) is 108 Å². The lowest BCUT2D eigenvalue weighted by Crippen LogP contribution is -2.30. The molecule has 152 valence electrons. The summed E-state index contributed by atoms with van der Waals surface area (Å²) in [5, 5.41) is 2.47. The zero-order valence-electron chi connectivity index (χ0n) is 18.0. The van der Waals surface area contributed by atoms with Gasteiger partial charge in [0.05, 0.1) is 28.5 Å². The Kier molecular flexibility index (Phi) is 3.34. The van der Waals surface area contributed by atoms with E-state index < -0.39 is 0 Å². The predicted molar refractivity (Wildman–Crippen MR) is 131 cm³/mol. The smallest absolute Gasteiger partial charge is 0.0971 e. The predicted octanol–water partition coefficient (Wildman–Crippen LogP) is 7.39. The Bertz CT molecular complexity index is 1490. The van der Waals surface area contributed by atoms with Crippen molar-refractivity contribution in [1.29, 1.82) is 0 Å². The first-order valence-electron chi connectivity index (χ1n) is 11.0. The van der Waals surface area contributed by atoms with Gasteiger partial charge in [-0.05, 0) is 35.4 Å². The van der Waals surface area contributed by atoms with Crippen LogP contribution in [-0.2, 0) is 5.41 Å². The molecule has 1 aliphatic heterocycles. The van der Waals surface area contributed by atoms with Gasteiger partial charge in [-0.2, -0.15) is 0 Å². The highest BCUT2D eigenvalue weighted by Crippen LogP contribution is 2.54. The third-order valence-corrected chi connectivity index (χ3v) is 7.10. The molecule has 2 aliphatic rings. The fourth-order valence-corrected chi connectivity index (χ4v) is 5.64. The first-order chi connectivity index (χ1) is 15.7. The first-order valence-corrected chi connectivity index (χ1v) is 11.0. The Morgan fingerprint density at radius 2 is 1.19 bits per heavy atom. The summed E-state index contributed by atoms with van der Waals surface area (Å²) in [5.74, 6) is 0. The Hall–Kier alpha value is -3.98. The maximum atomic E-state index is 4.66. The second kappa shape index (κ2) is 6.04. The standard InChI is InChI=1S/C29H21N3/c1-29(2)21-10-3-5-12-24(21)32(25-13-6-4-11-22(25)29)23-15-14-20-26-18(23)8-7-9-19(26)27-28(20)31-17-16-30-27/h3-17H,1-2H3. The number of nitrogens with zero attached hydrogens (tertiary/aromatic N) is 3. The minimum atomic E-state index is -0.0668. The molecular formula is C29H21N3. The number of fused-ring (bicyclic) bond motifs is 5. The summed E-state index contributed by atoms with van der Waals surface area (Å²) in [5.41, 5.74) is 10.6. The van der Waals surface area contributed by atoms with Crippen molar-refractivity contribution >= 4 is 27.8 Å². The average Bonchev–Trinajstić information content (AvgIpc) is 3.16. The molecule has 7 rings (SSSR count). The fourth-order valence-electron chi connectivity index (χ4n) is 5.64. The minimum Gasteiger partial charge on any atom is -0.309 e. The maximum Gasteiger partial charge on any atom is 0.0971 e. The SMILES string of the molecule is CC1(C)c2ccccc2N(c2ccc3c4c(cccc24)-c2nccnc2-3)c2ccccc21. The Morgan fingerprint density at radius 3 is 1.84 bits per heavy atom. The van der Waals surface area contributed by atoms with Crippen LogP contribution in [0, 0.1) is 0 Å². The number of para-hydroxylation sites is 2. The topological polar surface area (TPSA) is 29.0 Å². The zero-order chi connectivity index (χ0) is 21.4. The molecule has 3 heteroatoms. The molecule has 0 atom stereocenters. The molecule has 1 aliphatic carbocycles. The van der Waals surface area contributed by atoms with Gasteiger partial charge in [-0.1, -0.05) is 68.4 Å². The van der Waals surface area contributed by atoms with Crippen LogP contribution in [0.15, 0.2) is 91.3 Å². The van der Waals surface area contributed by atoms with Crippen molar-refractivity contribution in [2.24, 2.45) is 0 Å². The van der Waals surface area contributed by atoms with Gasteiger partial charge in [0.25, 0.3) is 0 Å². The van der Waals surface area contributed by atoms with Crippen molar-refractivity contribution < 1.29 is 0 Å². The Balaban J connectivity index is 1.58. The lowest BCUT2D eigenvalue weighted by molar-refractivity contribution is 0.632. The molecule has 3 nitrogen and oxygen atoms in total. The van der Waals surface area contributed by atoms with Crippen LogP contribution < -0.4 is 4.90 Å². The molecule has 1 aromatic heterocycles. The van der Waals surface area contributed by atoms with Crippen molar-refractivity contribution in [3.8, 4) is 22.5 Å². The second-order valence-electron chi connectivity index (χ2n) is 9.11. The van der Waals surface area contributed by atoms with Gasteiger partial charge in [-0.3, -0.25) is 9.97 Å². The van der Waals surface area contributed by atoms with E-state index in [0.717, 1.165) is 11.4 Å². The molecule has 4 aromatic carbocycles. The van der Waals surface area contributed by atoms with Gasteiger partial charge in [0.2, 0.25) is 0 Å². The van der Waals surface area contributed by atoms with E-state index in [-0.39, 0.29) is 5.41 Å². The van der Waals surface area contributed by atoms with Crippen molar-refractivity contribution in [2.45, 2.75) is 19.3 Å². The van der Waals surface area contributed by atoms with Gasteiger partial charge in [0.15, 0.2) is 0 Å². The number of anilines is 3. The van der Waals surface area contributed by atoms with E-state index in [1.807, 2.05) is 0 Å². The normalized spacial score (nSPS) is 14.8. The summed E-state index contributed by atoms with van der Waals surface area (Å²) in [6, 6.07) is 28.6. The highest BCUT2D eigenvalue weighted by molar-refractivity contribution is 6.17. The lowest BCUT2D eigenvalue weighted by atomic mass is 9.73. The summed E-state index contributed by atoms with van der Waals surface area (Å²) in [6.45, 7) is 4.65. The van der Waals surface area contributed by atoms with Crippen molar-refractivity contribution in [3.05, 3.63) is 102 Å². The number of rotatable bonds is 1. The lowest BCUT2D eigenvalue weighted by Gasteiger charge is -2.42. The van der Waals surface area contributed by atoms with Crippen LogP contribution in [0.4, 0.5) is 17.1 Å². The maximum absolute atomic E-state index is 4.66. The molecule has 0 bridgehead atoms. The van der Waals surface area contributed by atoms with E-state index in [1.165, 1.54) is 50.1 Å². The second-order valence-corrected chi connectivity index (χ2v) is 9.11. The Morgan fingerprint density at radius 1 is 0.594 bits per heavy atom. The molecule has 0 radical (unpaired) electrons. The molecule has 2 heterocycles. The van der Waals surface area contributed by atoms with Gasteiger partial charge in [-0.25, -0.2) is 0 Å². The molecule has 5 aromatic rings. The summed E-state index contributed by atoms with van der Waals surface area (Å²) < 4.78 is 0. The Labute approximate surface area is 187 Å². The highest BCUT2D eigenvalue weighted by atomic mass is 15.2. The highest BCUT2D eigenvalue weighted by Gasteiger charge is 2.37. The van der Waals surface area contributed by atoms with Crippen LogP contribution in [0.2, 0.25) is 0 Å². The summed E-state index contributed by atoms with van der Waals surface area (Å²) in [6.07, 6.45) is 3.56. The summed E-state index contributed by atoms with van der Waals surface area (Å²) in [7, 11) is 0. The first kappa shape index (κ1) is 17.7. The quantitative estimate of drug-likeness (QED) is 0.282. The van der Waals surface area contributed by atoms with Gasteiger partial charge in [0, 0.05) is 39.7 Å². The van der Waals surface area contributed by atoms with Crippen LogP contribution >= 0.6 is 0 Å². The van der Waals surface area contributed by atoms with E-state index >= 15 is 0 Å². The van der Waals surface area contributed by atoms with Crippen LogP contribution in [0.3, 0.4) is 0 Å². The van der Waals surface area contributed by atoms with Gasteiger partial charge < -0.3 is 4.90 Å². The van der Waals surface area contributed by atoms with Crippen molar-refractivity contribution in [2.75, 3.05) is 4.90 Å². The summed E-state index contributed by atoms with van der Waals surface area (Å²) in [4.78, 5) is 11.7. The van der Waals surface area contributed by atoms with E-state index in [9.17, 15) is 0 Å². The van der Waals surface area contributed by atoms with Gasteiger partial charge in [-0.15, -0.1) is 0 Å². The number of aromatic nitrogens is 2. The van der Waals surface area contributed by atoms with E-state index in [1.54, 1.807) is 12.4 Å². The summed E-state index contributed by atoms with van der Waals surface area (Å²) >= 11 is 0. The number of benzene rings is 4. The van der Waals surface area contributed by atoms with Crippen LogP contribution in [0.25, 0.3) is 33.3 Å². The molecule has 0 saturated carbocycles. The molecule has 0 amide bonds. The van der Waals surface area contributed by atoms with E-state index in [4.69, 9.17) is 0 Å². The molecule has 0 spiro atoms. The van der Waals surface area contributed by atoms with Crippen LogP contribution in [0.5, 0.6) is 0 Å². The molecule has 0 fully saturated rings. The number of hydrogen-bond acceptors (Lipinski definition) is 3. The van der Waals surface area contributed by atoms with Gasteiger partial charge >= 0.3 is 0 Å². The third kappa shape index (κ3) is 2.10. The zero-order valence-corrected chi connectivity index (χ0v) is 18.0. The van der Waals surface area contributed by atoms with Crippen LogP contribution in [0.1, 0.15) is 25.0 Å². The largest absolute Gasteiger partial charge is 0.309 e. The van der Waals surface area contributed by atoms with E-state index in [0.29, 0.717) is 0 Å². The average molecular weight is 412 g/mol. The minimum absolute atomic E-state index is 0.0668. The molecule has 0 unspecified atom stereocenters. The van der Waals surface area contributed by atoms with Crippen LogP contribution in [-0.4, -0.2) is 9.97 Å². The molecule has 0 saturated heterocycles.